The Morgan fingerprint density at radius 1 is 1.37 bits per heavy atom. The van der Waals surface area contributed by atoms with E-state index in [1.165, 1.54) is 29.1 Å². The molecule has 0 aliphatic heterocycles. The molecule has 2 aromatic rings. The quantitative estimate of drug-likeness (QED) is 0.643. The zero-order valence-electron chi connectivity index (χ0n) is 10.3. The lowest BCUT2D eigenvalue weighted by Crippen LogP contribution is -2.22. The molecule has 2 heterocycles. The third kappa shape index (κ3) is 3.35. The van der Waals surface area contributed by atoms with Gasteiger partial charge in [0.2, 0.25) is 5.56 Å². The van der Waals surface area contributed by atoms with Gasteiger partial charge in [-0.05, 0) is 18.2 Å². The van der Waals surface area contributed by atoms with Crippen molar-refractivity contribution in [3.05, 3.63) is 64.3 Å². The maximum absolute atomic E-state index is 11.7. The molecule has 1 amide bonds. The molecule has 2 rings (SSSR count). The van der Waals surface area contributed by atoms with E-state index in [4.69, 9.17) is 0 Å². The minimum atomic E-state index is -0.386. The van der Waals surface area contributed by atoms with E-state index in [9.17, 15) is 9.59 Å². The van der Waals surface area contributed by atoms with Gasteiger partial charge in [-0.15, -0.1) is 0 Å². The first-order valence-electron chi connectivity index (χ1n) is 5.58. The van der Waals surface area contributed by atoms with E-state index in [2.05, 4.69) is 15.5 Å². The molecule has 0 saturated carbocycles. The van der Waals surface area contributed by atoms with Gasteiger partial charge in [0.05, 0.1) is 17.5 Å². The molecule has 0 radical (unpaired) electrons. The first kappa shape index (κ1) is 12.7. The van der Waals surface area contributed by atoms with Crippen molar-refractivity contribution in [1.29, 1.82) is 0 Å². The molecule has 96 valence electrons. The molecule has 0 saturated heterocycles. The van der Waals surface area contributed by atoms with Crippen LogP contribution in [0.3, 0.4) is 0 Å². The molecule has 1 N–H and O–H groups in total. The summed E-state index contributed by atoms with van der Waals surface area (Å²) >= 11 is 0. The van der Waals surface area contributed by atoms with Gasteiger partial charge < -0.3 is 4.57 Å². The maximum Gasteiger partial charge on any atom is 0.272 e. The van der Waals surface area contributed by atoms with E-state index in [-0.39, 0.29) is 11.5 Å². The number of carbonyl (C=O) groups excluding carboxylic acids is 1. The minimum Gasteiger partial charge on any atom is -0.318 e. The SMILES string of the molecule is Cn1cc(C(=O)N/N=C/c2ccccn2)ccc1=O. The molecule has 0 aliphatic rings. The van der Waals surface area contributed by atoms with Crippen molar-refractivity contribution in [3.63, 3.8) is 0 Å². The summed E-state index contributed by atoms with van der Waals surface area (Å²) in [5.41, 5.74) is 3.20. The predicted octanol–water partition coefficient (Wildman–Crippen LogP) is 0.544. The Morgan fingerprint density at radius 3 is 2.89 bits per heavy atom. The van der Waals surface area contributed by atoms with Crippen LogP contribution in [0.25, 0.3) is 0 Å². The van der Waals surface area contributed by atoms with Crippen molar-refractivity contribution in [1.82, 2.24) is 15.0 Å². The van der Waals surface area contributed by atoms with Crippen LogP contribution in [0.2, 0.25) is 0 Å². The lowest BCUT2D eigenvalue weighted by molar-refractivity contribution is 0.0954. The third-order valence-corrected chi connectivity index (χ3v) is 2.40. The molecule has 0 spiro atoms. The second kappa shape index (κ2) is 5.72. The van der Waals surface area contributed by atoms with Gasteiger partial charge in [0, 0.05) is 25.5 Å². The summed E-state index contributed by atoms with van der Waals surface area (Å²) in [5, 5.41) is 3.80. The largest absolute Gasteiger partial charge is 0.318 e. The number of hydrogen-bond donors (Lipinski definition) is 1. The zero-order chi connectivity index (χ0) is 13.7. The molecule has 6 nitrogen and oxygen atoms in total. The number of amides is 1. The highest BCUT2D eigenvalue weighted by molar-refractivity contribution is 5.94. The van der Waals surface area contributed by atoms with Gasteiger partial charge in [0.15, 0.2) is 0 Å². The molecule has 0 aromatic carbocycles. The average molecular weight is 256 g/mol. The van der Waals surface area contributed by atoms with Crippen LogP contribution in [0.15, 0.2) is 52.6 Å². The molecule has 2 aromatic heterocycles. The number of pyridine rings is 2. The van der Waals surface area contributed by atoms with Crippen molar-refractivity contribution >= 4 is 12.1 Å². The monoisotopic (exact) mass is 256 g/mol. The predicted molar refractivity (Wildman–Crippen MR) is 71.0 cm³/mol. The van der Waals surface area contributed by atoms with Gasteiger partial charge in [-0.3, -0.25) is 14.6 Å². The van der Waals surface area contributed by atoms with E-state index < -0.39 is 0 Å². The van der Waals surface area contributed by atoms with E-state index >= 15 is 0 Å². The fourth-order valence-corrected chi connectivity index (χ4v) is 1.40. The first-order valence-corrected chi connectivity index (χ1v) is 5.58. The van der Waals surface area contributed by atoms with Crippen LogP contribution in [0.5, 0.6) is 0 Å². The van der Waals surface area contributed by atoms with Crippen LogP contribution in [-0.2, 0) is 7.05 Å². The number of nitrogens with zero attached hydrogens (tertiary/aromatic N) is 3. The summed E-state index contributed by atoms with van der Waals surface area (Å²) in [5.74, 6) is -0.386. The van der Waals surface area contributed by atoms with Crippen LogP contribution < -0.4 is 11.0 Å². The highest BCUT2D eigenvalue weighted by Gasteiger charge is 2.04. The topological polar surface area (TPSA) is 76.3 Å². The molecular formula is C13H12N4O2. The number of rotatable bonds is 3. The number of hydrazone groups is 1. The van der Waals surface area contributed by atoms with Crippen LogP contribution in [0.1, 0.15) is 16.1 Å². The summed E-state index contributed by atoms with van der Waals surface area (Å²) < 4.78 is 1.33. The Bertz CT molecular complexity index is 662. The Balaban J connectivity index is 2.03. The smallest absolute Gasteiger partial charge is 0.272 e. The van der Waals surface area contributed by atoms with E-state index in [0.717, 1.165) is 0 Å². The second-order valence-electron chi connectivity index (χ2n) is 3.82. The number of hydrogen-bond acceptors (Lipinski definition) is 4. The van der Waals surface area contributed by atoms with Crippen molar-refractivity contribution in [2.75, 3.05) is 0 Å². The van der Waals surface area contributed by atoms with Crippen molar-refractivity contribution < 1.29 is 4.79 Å². The Morgan fingerprint density at radius 2 is 2.21 bits per heavy atom. The van der Waals surface area contributed by atoms with Crippen LogP contribution in [0.4, 0.5) is 0 Å². The number of carbonyl (C=O) groups is 1. The lowest BCUT2D eigenvalue weighted by atomic mass is 10.3. The molecule has 0 unspecified atom stereocenters. The molecule has 0 atom stereocenters. The van der Waals surface area contributed by atoms with Crippen LogP contribution in [0, 0.1) is 0 Å². The number of aromatic nitrogens is 2. The van der Waals surface area contributed by atoms with Gasteiger partial charge in [-0.2, -0.15) is 5.10 Å². The number of nitrogens with one attached hydrogen (secondary N) is 1. The fourth-order valence-electron chi connectivity index (χ4n) is 1.40. The van der Waals surface area contributed by atoms with Gasteiger partial charge in [-0.1, -0.05) is 6.07 Å². The van der Waals surface area contributed by atoms with Gasteiger partial charge in [0.25, 0.3) is 5.91 Å². The second-order valence-corrected chi connectivity index (χ2v) is 3.82. The summed E-state index contributed by atoms with van der Waals surface area (Å²) in [6, 6.07) is 8.16. The van der Waals surface area contributed by atoms with Gasteiger partial charge in [0.1, 0.15) is 0 Å². The normalized spacial score (nSPS) is 10.6. The van der Waals surface area contributed by atoms with Crippen molar-refractivity contribution in [2.24, 2.45) is 12.1 Å². The van der Waals surface area contributed by atoms with Crippen LogP contribution >= 0.6 is 0 Å². The van der Waals surface area contributed by atoms with Crippen molar-refractivity contribution in [3.8, 4) is 0 Å². The highest BCUT2D eigenvalue weighted by atomic mass is 16.2. The summed E-state index contributed by atoms with van der Waals surface area (Å²) in [7, 11) is 1.58. The standard InChI is InChI=1S/C13H12N4O2/c1-17-9-10(5-6-12(17)18)13(19)16-15-8-11-4-2-3-7-14-11/h2-9H,1H3,(H,16,19)/b15-8+. The third-order valence-electron chi connectivity index (χ3n) is 2.40. The molecule has 0 fully saturated rings. The van der Waals surface area contributed by atoms with E-state index in [1.807, 2.05) is 6.07 Å². The van der Waals surface area contributed by atoms with Gasteiger partial charge >= 0.3 is 0 Å². The number of aryl methyl sites for hydroxylation is 1. The van der Waals surface area contributed by atoms with Crippen LogP contribution in [-0.4, -0.2) is 21.7 Å². The molecule has 19 heavy (non-hydrogen) atoms. The summed E-state index contributed by atoms with van der Waals surface area (Å²) in [6.07, 6.45) is 4.53. The van der Waals surface area contributed by atoms with E-state index in [0.29, 0.717) is 11.3 Å². The highest BCUT2D eigenvalue weighted by Crippen LogP contribution is 1.94. The summed E-state index contributed by atoms with van der Waals surface area (Å²) in [4.78, 5) is 27.0. The van der Waals surface area contributed by atoms with Crippen molar-refractivity contribution in [2.45, 2.75) is 0 Å². The Hall–Kier alpha value is -2.76. The fraction of sp³-hybridized carbons (Fsp3) is 0.0769. The van der Waals surface area contributed by atoms with E-state index in [1.54, 1.807) is 25.4 Å². The first-order chi connectivity index (χ1) is 9.16. The van der Waals surface area contributed by atoms with Gasteiger partial charge in [-0.25, -0.2) is 5.43 Å². The lowest BCUT2D eigenvalue weighted by Gasteiger charge is -2.01. The summed E-state index contributed by atoms with van der Waals surface area (Å²) in [6.45, 7) is 0. The zero-order valence-corrected chi connectivity index (χ0v) is 10.3. The molecule has 6 heteroatoms. The average Bonchev–Trinajstić information content (AvgIpc) is 2.43. The molecule has 0 bridgehead atoms. The molecule has 0 aliphatic carbocycles. The Labute approximate surface area is 109 Å². The Kier molecular flexibility index (Phi) is 3.82. The molecular weight excluding hydrogens is 244 g/mol. The maximum atomic E-state index is 11.7. The minimum absolute atomic E-state index is 0.173.